The Labute approximate surface area is 91.7 Å². The monoisotopic (exact) mass is 306 g/mol. The number of aldehydes is 1. The van der Waals surface area contributed by atoms with Gasteiger partial charge in [-0.3, -0.25) is 4.79 Å². The zero-order valence-corrected chi connectivity index (χ0v) is 9.36. The van der Waals surface area contributed by atoms with Crippen LogP contribution in [0.1, 0.15) is 9.67 Å². The van der Waals surface area contributed by atoms with Crippen LogP contribution in [0, 0.1) is 9.39 Å². The van der Waals surface area contributed by atoms with Crippen LogP contribution in [-0.4, -0.2) is 6.29 Å². The van der Waals surface area contributed by atoms with Crippen LogP contribution < -0.4 is 0 Å². The lowest BCUT2D eigenvalue weighted by atomic mass is 10.2. The van der Waals surface area contributed by atoms with Crippen molar-refractivity contribution in [1.29, 1.82) is 0 Å². The fourth-order valence-corrected chi connectivity index (χ4v) is 3.28. The molecule has 66 valence electrons. The maximum atomic E-state index is 13.3. The Hall–Kier alpha value is -0.490. The van der Waals surface area contributed by atoms with Gasteiger partial charge in [-0.15, -0.1) is 11.3 Å². The number of carbonyl (C=O) groups is 1. The maximum absolute atomic E-state index is 13.3. The van der Waals surface area contributed by atoms with E-state index in [0.717, 1.165) is 11.0 Å². The zero-order valence-electron chi connectivity index (χ0n) is 6.38. The van der Waals surface area contributed by atoms with E-state index in [4.69, 9.17) is 0 Å². The molecule has 0 bridgehead atoms. The summed E-state index contributed by atoms with van der Waals surface area (Å²) in [5, 5.41) is 0.565. The molecule has 0 fully saturated rings. The number of thiophene rings is 1. The first kappa shape index (κ1) is 9.08. The SMILES string of the molecule is O=Cc1sc2cccc(F)c2c1I. The molecule has 0 saturated carbocycles. The van der Waals surface area contributed by atoms with Gasteiger partial charge in [-0.2, -0.15) is 0 Å². The summed E-state index contributed by atoms with van der Waals surface area (Å²) in [6.45, 7) is 0. The summed E-state index contributed by atoms with van der Waals surface area (Å²) < 4.78 is 14.8. The maximum Gasteiger partial charge on any atom is 0.161 e. The molecule has 1 aromatic heterocycles. The standard InChI is InChI=1S/C9H4FIOS/c10-5-2-1-3-6-8(5)9(11)7(4-12)13-6/h1-4H. The van der Waals surface area contributed by atoms with Crippen molar-refractivity contribution in [2.24, 2.45) is 0 Å². The number of fused-ring (bicyclic) bond motifs is 1. The molecule has 0 saturated heterocycles. The number of carbonyl (C=O) groups excluding carboxylic acids is 1. The van der Waals surface area contributed by atoms with Crippen LogP contribution in [0.3, 0.4) is 0 Å². The third-order valence-electron chi connectivity index (χ3n) is 1.74. The first-order valence-electron chi connectivity index (χ1n) is 3.55. The molecule has 0 N–H and O–H groups in total. The molecule has 13 heavy (non-hydrogen) atoms. The predicted octanol–water partition coefficient (Wildman–Crippen LogP) is 3.46. The van der Waals surface area contributed by atoms with E-state index in [2.05, 4.69) is 0 Å². The summed E-state index contributed by atoms with van der Waals surface area (Å²) in [4.78, 5) is 11.2. The molecule has 2 rings (SSSR count). The van der Waals surface area contributed by atoms with Crippen molar-refractivity contribution in [3.8, 4) is 0 Å². The van der Waals surface area contributed by atoms with Crippen molar-refractivity contribution in [3.05, 3.63) is 32.5 Å². The Bertz CT molecular complexity index is 478. The fourth-order valence-electron chi connectivity index (χ4n) is 1.16. The van der Waals surface area contributed by atoms with Gasteiger partial charge in [0.1, 0.15) is 5.82 Å². The van der Waals surface area contributed by atoms with Crippen molar-refractivity contribution < 1.29 is 9.18 Å². The van der Waals surface area contributed by atoms with Gasteiger partial charge < -0.3 is 0 Å². The largest absolute Gasteiger partial charge is 0.297 e. The number of benzene rings is 1. The Morgan fingerprint density at radius 3 is 2.85 bits per heavy atom. The lowest BCUT2D eigenvalue weighted by Gasteiger charge is -1.91. The third-order valence-corrected chi connectivity index (χ3v) is 4.31. The molecule has 0 aliphatic rings. The number of hydrogen-bond acceptors (Lipinski definition) is 2. The molecule has 4 heteroatoms. The Morgan fingerprint density at radius 2 is 2.23 bits per heavy atom. The van der Waals surface area contributed by atoms with Crippen molar-refractivity contribution in [2.75, 3.05) is 0 Å². The average molecular weight is 306 g/mol. The lowest BCUT2D eigenvalue weighted by Crippen LogP contribution is -1.78. The number of rotatable bonds is 1. The number of halogens is 2. The quantitative estimate of drug-likeness (QED) is 0.582. The van der Waals surface area contributed by atoms with Gasteiger partial charge in [0.2, 0.25) is 0 Å². The van der Waals surface area contributed by atoms with Gasteiger partial charge in [0, 0.05) is 13.7 Å². The average Bonchev–Trinajstić information content (AvgIpc) is 2.44. The molecule has 1 aromatic carbocycles. The van der Waals surface area contributed by atoms with Gasteiger partial charge in [-0.05, 0) is 34.7 Å². The minimum Gasteiger partial charge on any atom is -0.297 e. The van der Waals surface area contributed by atoms with Crippen LogP contribution in [0.15, 0.2) is 18.2 Å². The molecule has 1 heterocycles. The van der Waals surface area contributed by atoms with E-state index in [0.29, 0.717) is 13.8 Å². The Kier molecular flexibility index (Phi) is 2.33. The Balaban J connectivity index is 2.92. The van der Waals surface area contributed by atoms with Crippen LogP contribution >= 0.6 is 33.9 Å². The summed E-state index contributed by atoms with van der Waals surface area (Å²) in [6.07, 6.45) is 0.770. The first-order valence-corrected chi connectivity index (χ1v) is 5.45. The second-order valence-corrected chi connectivity index (χ2v) is 4.67. The van der Waals surface area contributed by atoms with Gasteiger partial charge >= 0.3 is 0 Å². The van der Waals surface area contributed by atoms with E-state index >= 15 is 0 Å². The van der Waals surface area contributed by atoms with E-state index in [1.54, 1.807) is 6.07 Å². The molecular formula is C9H4FIOS. The van der Waals surface area contributed by atoms with Gasteiger partial charge in [0.15, 0.2) is 6.29 Å². The summed E-state index contributed by atoms with van der Waals surface area (Å²) in [7, 11) is 0. The Morgan fingerprint density at radius 1 is 1.46 bits per heavy atom. The highest BCUT2D eigenvalue weighted by molar-refractivity contribution is 14.1. The highest BCUT2D eigenvalue weighted by atomic mass is 127. The van der Waals surface area contributed by atoms with Crippen LogP contribution in [0.2, 0.25) is 0 Å². The van der Waals surface area contributed by atoms with E-state index in [-0.39, 0.29) is 5.82 Å². The minimum atomic E-state index is -0.258. The van der Waals surface area contributed by atoms with E-state index < -0.39 is 0 Å². The molecule has 0 amide bonds. The van der Waals surface area contributed by atoms with Gasteiger partial charge in [0.25, 0.3) is 0 Å². The van der Waals surface area contributed by atoms with Crippen molar-refractivity contribution in [3.63, 3.8) is 0 Å². The third kappa shape index (κ3) is 1.38. The molecule has 0 aliphatic heterocycles. The van der Waals surface area contributed by atoms with E-state index in [1.165, 1.54) is 17.4 Å². The minimum absolute atomic E-state index is 0.258. The molecule has 0 spiro atoms. The van der Waals surface area contributed by atoms with Gasteiger partial charge in [-0.25, -0.2) is 4.39 Å². The topological polar surface area (TPSA) is 17.1 Å². The lowest BCUT2D eigenvalue weighted by molar-refractivity contribution is 0.112. The van der Waals surface area contributed by atoms with Crippen molar-refractivity contribution >= 4 is 50.3 Å². The van der Waals surface area contributed by atoms with E-state index in [9.17, 15) is 9.18 Å². The smallest absolute Gasteiger partial charge is 0.161 e. The van der Waals surface area contributed by atoms with Crippen LogP contribution in [-0.2, 0) is 0 Å². The van der Waals surface area contributed by atoms with Crippen molar-refractivity contribution in [2.45, 2.75) is 0 Å². The van der Waals surface area contributed by atoms with Gasteiger partial charge in [-0.1, -0.05) is 6.07 Å². The molecule has 0 atom stereocenters. The fraction of sp³-hybridized carbons (Fsp3) is 0. The first-order chi connectivity index (χ1) is 6.24. The summed E-state index contributed by atoms with van der Waals surface area (Å²) >= 11 is 3.32. The summed E-state index contributed by atoms with van der Waals surface area (Å²) in [5.74, 6) is -0.258. The molecular weight excluding hydrogens is 302 g/mol. The normalized spacial score (nSPS) is 10.6. The molecule has 2 aromatic rings. The highest BCUT2D eigenvalue weighted by Gasteiger charge is 2.11. The van der Waals surface area contributed by atoms with Crippen LogP contribution in [0.4, 0.5) is 4.39 Å². The second-order valence-electron chi connectivity index (χ2n) is 2.51. The van der Waals surface area contributed by atoms with Crippen molar-refractivity contribution in [1.82, 2.24) is 0 Å². The summed E-state index contributed by atoms with van der Waals surface area (Å²) in [6, 6.07) is 4.88. The van der Waals surface area contributed by atoms with Gasteiger partial charge in [0.05, 0.1) is 4.88 Å². The predicted molar refractivity (Wildman–Crippen MR) is 59.9 cm³/mol. The van der Waals surface area contributed by atoms with Crippen LogP contribution in [0.25, 0.3) is 10.1 Å². The highest BCUT2D eigenvalue weighted by Crippen LogP contribution is 2.32. The zero-order chi connectivity index (χ0) is 9.42. The van der Waals surface area contributed by atoms with Crippen LogP contribution in [0.5, 0.6) is 0 Å². The molecule has 0 unspecified atom stereocenters. The molecule has 0 radical (unpaired) electrons. The molecule has 1 nitrogen and oxygen atoms in total. The second kappa shape index (κ2) is 3.34. The number of hydrogen-bond donors (Lipinski definition) is 0. The summed E-state index contributed by atoms with van der Waals surface area (Å²) in [5.41, 5.74) is 0. The van der Waals surface area contributed by atoms with E-state index in [1.807, 2.05) is 28.7 Å². The molecule has 0 aliphatic carbocycles.